The van der Waals surface area contributed by atoms with Crippen LogP contribution in [0.25, 0.3) is 17.5 Å². The van der Waals surface area contributed by atoms with E-state index in [4.69, 9.17) is 8.94 Å². The molecule has 27 heavy (non-hydrogen) atoms. The Morgan fingerprint density at radius 3 is 2.78 bits per heavy atom. The molecule has 140 valence electrons. The molecule has 4 heterocycles. The van der Waals surface area contributed by atoms with Gasteiger partial charge in [0.25, 0.3) is 5.89 Å². The van der Waals surface area contributed by atoms with Gasteiger partial charge in [-0.2, -0.15) is 4.98 Å². The van der Waals surface area contributed by atoms with Crippen molar-refractivity contribution in [2.24, 2.45) is 0 Å². The summed E-state index contributed by atoms with van der Waals surface area (Å²) in [5.41, 5.74) is 2.20. The van der Waals surface area contributed by atoms with Crippen LogP contribution in [0.3, 0.4) is 0 Å². The lowest BCUT2D eigenvalue weighted by Crippen LogP contribution is -2.47. The maximum atomic E-state index is 5.39. The maximum Gasteiger partial charge on any atom is 0.258 e. The van der Waals surface area contributed by atoms with E-state index in [0.29, 0.717) is 11.7 Å². The average molecular weight is 365 g/mol. The van der Waals surface area contributed by atoms with Crippen LogP contribution in [-0.4, -0.2) is 52.7 Å². The zero-order valence-corrected chi connectivity index (χ0v) is 15.6. The van der Waals surface area contributed by atoms with Crippen molar-refractivity contribution >= 4 is 11.9 Å². The summed E-state index contributed by atoms with van der Waals surface area (Å²) in [5, 5.41) is 3.86. The van der Waals surface area contributed by atoms with Crippen molar-refractivity contribution in [1.29, 1.82) is 0 Å². The molecule has 0 N–H and O–H groups in total. The quantitative estimate of drug-likeness (QED) is 0.687. The summed E-state index contributed by atoms with van der Waals surface area (Å²) in [6, 6.07) is 7.81. The van der Waals surface area contributed by atoms with Crippen molar-refractivity contribution in [3.8, 4) is 11.5 Å². The predicted molar refractivity (Wildman–Crippen MR) is 103 cm³/mol. The lowest BCUT2D eigenvalue weighted by atomic mass is 10.2. The summed E-state index contributed by atoms with van der Waals surface area (Å²) >= 11 is 0. The normalized spacial score (nSPS) is 16.1. The van der Waals surface area contributed by atoms with E-state index < -0.39 is 0 Å². The van der Waals surface area contributed by atoms with Gasteiger partial charge in [-0.15, -0.1) is 0 Å². The SMILES string of the molecule is C/C(=C\c1ccco1)CN1CCN(c2cc(-c3nc(C)no3)ccn2)CC1. The number of aryl methyl sites for hydroxylation is 1. The van der Waals surface area contributed by atoms with Crippen LogP contribution >= 0.6 is 0 Å². The first-order chi connectivity index (χ1) is 13.2. The fraction of sp³-hybridized carbons (Fsp3) is 0.350. The maximum absolute atomic E-state index is 5.39. The minimum atomic E-state index is 0.536. The summed E-state index contributed by atoms with van der Waals surface area (Å²) in [7, 11) is 0. The number of aromatic nitrogens is 3. The molecular weight excluding hydrogens is 342 g/mol. The number of hydrogen-bond donors (Lipinski definition) is 0. The fourth-order valence-electron chi connectivity index (χ4n) is 3.29. The van der Waals surface area contributed by atoms with Gasteiger partial charge >= 0.3 is 0 Å². The minimum Gasteiger partial charge on any atom is -0.465 e. The molecule has 0 bridgehead atoms. The van der Waals surface area contributed by atoms with Crippen molar-refractivity contribution in [1.82, 2.24) is 20.0 Å². The fourth-order valence-corrected chi connectivity index (χ4v) is 3.29. The van der Waals surface area contributed by atoms with E-state index in [-0.39, 0.29) is 0 Å². The number of furan rings is 1. The van der Waals surface area contributed by atoms with Crippen LogP contribution in [0.2, 0.25) is 0 Å². The lowest BCUT2D eigenvalue weighted by molar-refractivity contribution is 0.278. The summed E-state index contributed by atoms with van der Waals surface area (Å²) in [4.78, 5) is 13.6. The molecule has 0 spiro atoms. The van der Waals surface area contributed by atoms with E-state index in [2.05, 4.69) is 37.9 Å². The van der Waals surface area contributed by atoms with Crippen molar-refractivity contribution in [2.75, 3.05) is 37.6 Å². The van der Waals surface area contributed by atoms with Gasteiger partial charge in [-0.3, -0.25) is 4.90 Å². The van der Waals surface area contributed by atoms with Crippen molar-refractivity contribution < 1.29 is 8.94 Å². The van der Waals surface area contributed by atoms with Crippen LogP contribution in [0.1, 0.15) is 18.5 Å². The number of hydrogen-bond acceptors (Lipinski definition) is 7. The molecule has 1 aliphatic rings. The Hall–Kier alpha value is -2.93. The summed E-state index contributed by atoms with van der Waals surface area (Å²) in [6.45, 7) is 8.77. The van der Waals surface area contributed by atoms with Gasteiger partial charge in [0, 0.05) is 44.5 Å². The Kier molecular flexibility index (Phi) is 5.02. The third kappa shape index (κ3) is 4.25. The molecule has 0 saturated carbocycles. The second-order valence-electron chi connectivity index (χ2n) is 6.82. The standard InChI is InChI=1S/C20H23N5O2/c1-15(12-18-4-3-11-26-18)14-24-7-9-25(10-8-24)19-13-17(5-6-21-19)20-22-16(2)23-27-20/h3-6,11-13H,7-10,14H2,1-2H3/b15-12+. The molecule has 0 aliphatic carbocycles. The highest BCUT2D eigenvalue weighted by Crippen LogP contribution is 2.22. The first-order valence-electron chi connectivity index (χ1n) is 9.12. The molecule has 7 heteroatoms. The number of pyridine rings is 1. The second kappa shape index (κ2) is 7.75. The molecule has 0 radical (unpaired) electrons. The summed E-state index contributed by atoms with van der Waals surface area (Å²) < 4.78 is 10.7. The van der Waals surface area contributed by atoms with Crippen LogP contribution in [0.15, 0.2) is 51.2 Å². The molecule has 0 unspecified atom stereocenters. The highest BCUT2D eigenvalue weighted by atomic mass is 16.5. The van der Waals surface area contributed by atoms with E-state index in [1.807, 2.05) is 31.2 Å². The number of nitrogens with zero attached hydrogens (tertiary/aromatic N) is 5. The molecular formula is C20H23N5O2. The van der Waals surface area contributed by atoms with E-state index in [1.54, 1.807) is 12.5 Å². The van der Waals surface area contributed by atoms with Gasteiger partial charge in [-0.05, 0) is 44.2 Å². The highest BCUT2D eigenvalue weighted by molar-refractivity contribution is 5.58. The Labute approximate surface area is 158 Å². The van der Waals surface area contributed by atoms with E-state index in [0.717, 1.165) is 49.9 Å². The van der Waals surface area contributed by atoms with Crippen LogP contribution in [0.5, 0.6) is 0 Å². The van der Waals surface area contributed by atoms with Crippen LogP contribution in [0.4, 0.5) is 5.82 Å². The molecule has 3 aromatic rings. The van der Waals surface area contributed by atoms with Crippen LogP contribution < -0.4 is 4.90 Å². The van der Waals surface area contributed by atoms with Gasteiger partial charge in [-0.25, -0.2) is 4.98 Å². The smallest absolute Gasteiger partial charge is 0.258 e. The largest absolute Gasteiger partial charge is 0.465 e. The molecule has 1 aliphatic heterocycles. The summed E-state index contributed by atoms with van der Waals surface area (Å²) in [5.74, 6) is 3.03. The van der Waals surface area contributed by atoms with Gasteiger partial charge in [0.2, 0.25) is 0 Å². The molecule has 1 fully saturated rings. The molecule has 0 atom stereocenters. The Morgan fingerprint density at radius 1 is 1.22 bits per heavy atom. The third-order valence-electron chi connectivity index (χ3n) is 4.62. The molecule has 1 saturated heterocycles. The third-order valence-corrected chi connectivity index (χ3v) is 4.62. The zero-order valence-electron chi connectivity index (χ0n) is 15.6. The first kappa shape index (κ1) is 17.5. The molecule has 7 nitrogen and oxygen atoms in total. The van der Waals surface area contributed by atoms with Crippen LogP contribution in [-0.2, 0) is 0 Å². The van der Waals surface area contributed by atoms with Gasteiger partial charge in [0.05, 0.1) is 6.26 Å². The highest BCUT2D eigenvalue weighted by Gasteiger charge is 2.19. The van der Waals surface area contributed by atoms with Crippen molar-refractivity contribution in [3.63, 3.8) is 0 Å². The van der Waals surface area contributed by atoms with Gasteiger partial charge in [0.15, 0.2) is 5.82 Å². The molecule has 4 rings (SSSR count). The topological polar surface area (TPSA) is 71.4 Å². The Balaban J connectivity index is 1.36. The molecule has 0 aromatic carbocycles. The second-order valence-corrected chi connectivity index (χ2v) is 6.82. The Morgan fingerprint density at radius 2 is 2.07 bits per heavy atom. The van der Waals surface area contributed by atoms with Gasteiger partial charge in [0.1, 0.15) is 11.6 Å². The van der Waals surface area contributed by atoms with Crippen molar-refractivity contribution in [3.05, 3.63) is 53.9 Å². The van der Waals surface area contributed by atoms with E-state index in [9.17, 15) is 0 Å². The Bertz CT molecular complexity index is 908. The number of rotatable bonds is 5. The van der Waals surface area contributed by atoms with Crippen molar-refractivity contribution in [2.45, 2.75) is 13.8 Å². The predicted octanol–water partition coefficient (Wildman–Crippen LogP) is 3.26. The van der Waals surface area contributed by atoms with E-state index >= 15 is 0 Å². The van der Waals surface area contributed by atoms with Gasteiger partial charge < -0.3 is 13.8 Å². The first-order valence-corrected chi connectivity index (χ1v) is 9.12. The average Bonchev–Trinajstić information content (AvgIpc) is 3.34. The van der Waals surface area contributed by atoms with E-state index in [1.165, 1.54) is 5.57 Å². The number of piperazine rings is 1. The minimum absolute atomic E-state index is 0.536. The van der Waals surface area contributed by atoms with Gasteiger partial charge in [-0.1, -0.05) is 10.7 Å². The van der Waals surface area contributed by atoms with Crippen LogP contribution in [0, 0.1) is 6.92 Å². The monoisotopic (exact) mass is 365 g/mol. The summed E-state index contributed by atoms with van der Waals surface area (Å²) in [6.07, 6.45) is 5.60. The lowest BCUT2D eigenvalue weighted by Gasteiger charge is -2.35. The molecule has 0 amide bonds. The number of anilines is 1. The molecule has 3 aromatic heterocycles. The zero-order chi connectivity index (χ0) is 18.6.